The Kier molecular flexibility index (Phi) is 8.86. The minimum absolute atomic E-state index is 0.0488. The number of urea groups is 1. The van der Waals surface area contributed by atoms with Crippen molar-refractivity contribution in [2.45, 2.75) is 38.0 Å². The van der Waals surface area contributed by atoms with Gasteiger partial charge in [0.25, 0.3) is 5.56 Å². The molecule has 1 aliphatic heterocycles. The lowest BCUT2D eigenvalue weighted by atomic mass is 9.96. The lowest BCUT2D eigenvalue weighted by molar-refractivity contribution is -0.138. The standard InChI is InChI=1S/C24H32F3N7O4/c1-14-9-16(33(3)23(36)31-19-10-15(24(25,26)27)13-32(2)22(19)35)5-6-34(14)17-11-18(20(28)30-12-17)21(29)38-8-7-37-4/h10-14,16,29H,5-9H2,1-4H3,(H2,28,30)(H,31,36). The number of nitrogens with one attached hydrogen (secondary N) is 2. The van der Waals surface area contributed by atoms with Crippen LogP contribution >= 0.6 is 0 Å². The lowest BCUT2D eigenvalue weighted by Crippen LogP contribution is -2.50. The van der Waals surface area contributed by atoms with Crippen LogP contribution in [-0.4, -0.2) is 72.4 Å². The maximum Gasteiger partial charge on any atom is 0.417 e. The number of carbonyl (C=O) groups is 1. The minimum atomic E-state index is -4.66. The molecule has 1 aliphatic rings. The molecule has 2 atom stereocenters. The van der Waals surface area contributed by atoms with E-state index in [1.165, 1.54) is 19.1 Å². The predicted octanol–water partition coefficient (Wildman–Crippen LogP) is 2.89. The molecule has 0 saturated carbocycles. The van der Waals surface area contributed by atoms with E-state index in [0.717, 1.165) is 10.3 Å². The number of carbonyl (C=O) groups excluding carboxylic acids is 1. The molecule has 0 radical (unpaired) electrons. The summed E-state index contributed by atoms with van der Waals surface area (Å²) < 4.78 is 50.6. The van der Waals surface area contributed by atoms with Crippen molar-refractivity contribution < 1.29 is 27.4 Å². The van der Waals surface area contributed by atoms with Crippen molar-refractivity contribution in [1.82, 2.24) is 14.5 Å². The molecule has 38 heavy (non-hydrogen) atoms. The van der Waals surface area contributed by atoms with Gasteiger partial charge >= 0.3 is 12.2 Å². The van der Waals surface area contributed by atoms with Gasteiger partial charge in [-0.2, -0.15) is 13.2 Å². The van der Waals surface area contributed by atoms with Crippen molar-refractivity contribution in [3.63, 3.8) is 0 Å². The molecule has 11 nitrogen and oxygen atoms in total. The van der Waals surface area contributed by atoms with Gasteiger partial charge in [0.15, 0.2) is 0 Å². The molecule has 1 saturated heterocycles. The summed E-state index contributed by atoms with van der Waals surface area (Å²) in [6.45, 7) is 3.03. The second-order valence-corrected chi connectivity index (χ2v) is 9.11. The average molecular weight is 540 g/mol. The number of halogens is 3. The number of nitrogens with two attached hydrogens (primary N) is 1. The number of aromatic nitrogens is 2. The van der Waals surface area contributed by atoms with Crippen molar-refractivity contribution in [1.29, 1.82) is 5.41 Å². The van der Waals surface area contributed by atoms with Crippen LogP contribution in [0.1, 0.15) is 30.9 Å². The SMILES string of the molecule is COCCOC(=N)c1cc(N2CCC(N(C)C(=O)Nc3cc(C(F)(F)F)cn(C)c3=O)CC2C)cnc1N. The van der Waals surface area contributed by atoms with Crippen LogP contribution in [0.25, 0.3) is 0 Å². The Hall–Kier alpha value is -3.81. The highest BCUT2D eigenvalue weighted by atomic mass is 19.4. The van der Waals surface area contributed by atoms with Crippen molar-refractivity contribution in [2.24, 2.45) is 7.05 Å². The number of aryl methyl sites for hydroxylation is 1. The number of ether oxygens (including phenoxy) is 2. The minimum Gasteiger partial charge on any atom is -0.475 e. The van der Waals surface area contributed by atoms with E-state index in [9.17, 15) is 22.8 Å². The number of nitrogen functional groups attached to an aromatic ring is 1. The van der Waals surface area contributed by atoms with Gasteiger partial charge < -0.3 is 34.9 Å². The smallest absolute Gasteiger partial charge is 0.417 e. The number of methoxy groups -OCH3 is 1. The molecule has 0 aliphatic carbocycles. The molecule has 2 amide bonds. The van der Waals surface area contributed by atoms with Crippen LogP contribution in [0.3, 0.4) is 0 Å². The highest BCUT2D eigenvalue weighted by Crippen LogP contribution is 2.31. The fourth-order valence-corrected chi connectivity index (χ4v) is 4.32. The Labute approximate surface area is 217 Å². The van der Waals surface area contributed by atoms with Crippen LogP contribution in [0.2, 0.25) is 0 Å². The lowest BCUT2D eigenvalue weighted by Gasteiger charge is -2.42. The number of alkyl halides is 3. The Bertz CT molecular complexity index is 1230. The molecule has 0 spiro atoms. The summed E-state index contributed by atoms with van der Waals surface area (Å²) in [5, 5.41) is 10.5. The summed E-state index contributed by atoms with van der Waals surface area (Å²) >= 11 is 0. The molecule has 2 aromatic heterocycles. The number of hydrogen-bond acceptors (Lipinski definition) is 8. The zero-order valence-electron chi connectivity index (χ0n) is 21.6. The largest absolute Gasteiger partial charge is 0.475 e. The third-order valence-electron chi connectivity index (χ3n) is 6.48. The van der Waals surface area contributed by atoms with Gasteiger partial charge in [-0.1, -0.05) is 0 Å². The van der Waals surface area contributed by atoms with Gasteiger partial charge in [-0.15, -0.1) is 0 Å². The number of anilines is 3. The van der Waals surface area contributed by atoms with E-state index in [0.29, 0.717) is 43.8 Å². The molecule has 208 valence electrons. The number of rotatable bonds is 7. The summed E-state index contributed by atoms with van der Waals surface area (Å²) in [5.74, 6) is 0.0458. The molecular weight excluding hydrogens is 507 g/mol. The van der Waals surface area contributed by atoms with Gasteiger partial charge in [0.1, 0.15) is 18.1 Å². The summed E-state index contributed by atoms with van der Waals surface area (Å²) in [4.78, 5) is 32.9. The Morgan fingerprint density at radius 3 is 2.68 bits per heavy atom. The molecule has 2 aromatic rings. The quantitative estimate of drug-likeness (QED) is 0.279. The fraction of sp³-hybridized carbons (Fsp3) is 0.500. The van der Waals surface area contributed by atoms with Gasteiger partial charge in [0.05, 0.1) is 29.6 Å². The van der Waals surface area contributed by atoms with E-state index in [1.54, 1.807) is 19.3 Å². The highest BCUT2D eigenvalue weighted by Gasteiger charge is 2.33. The van der Waals surface area contributed by atoms with E-state index >= 15 is 0 Å². The Balaban J connectivity index is 1.69. The van der Waals surface area contributed by atoms with Crippen LogP contribution in [-0.2, 0) is 22.7 Å². The maximum atomic E-state index is 13.2. The van der Waals surface area contributed by atoms with Crippen LogP contribution in [0.15, 0.2) is 29.3 Å². The van der Waals surface area contributed by atoms with E-state index in [2.05, 4.69) is 15.2 Å². The van der Waals surface area contributed by atoms with Gasteiger partial charge in [-0.25, -0.2) is 9.78 Å². The van der Waals surface area contributed by atoms with Gasteiger partial charge in [0.2, 0.25) is 5.90 Å². The molecule has 1 fully saturated rings. The fourth-order valence-electron chi connectivity index (χ4n) is 4.32. The number of hydrogen-bond donors (Lipinski definition) is 3. The van der Waals surface area contributed by atoms with Crippen molar-refractivity contribution in [3.05, 3.63) is 46.0 Å². The number of nitrogens with zero attached hydrogens (tertiary/aromatic N) is 4. The normalized spacial score (nSPS) is 17.7. The molecule has 14 heteroatoms. The Morgan fingerprint density at radius 1 is 1.34 bits per heavy atom. The van der Waals surface area contributed by atoms with Gasteiger partial charge in [-0.05, 0) is 31.9 Å². The number of pyridine rings is 2. The average Bonchev–Trinajstić information content (AvgIpc) is 2.86. The third kappa shape index (κ3) is 6.54. The third-order valence-corrected chi connectivity index (χ3v) is 6.48. The van der Waals surface area contributed by atoms with Gasteiger partial charge in [0, 0.05) is 46.0 Å². The van der Waals surface area contributed by atoms with Crippen LogP contribution < -0.4 is 21.5 Å². The van der Waals surface area contributed by atoms with Crippen molar-refractivity contribution in [2.75, 3.05) is 49.9 Å². The van der Waals surface area contributed by atoms with Crippen LogP contribution in [0, 0.1) is 5.41 Å². The zero-order chi connectivity index (χ0) is 28.2. The predicted molar refractivity (Wildman–Crippen MR) is 137 cm³/mol. The first-order chi connectivity index (χ1) is 17.8. The molecule has 3 heterocycles. The summed E-state index contributed by atoms with van der Waals surface area (Å²) in [7, 11) is 4.27. The van der Waals surface area contributed by atoms with Crippen molar-refractivity contribution >= 4 is 29.1 Å². The molecule has 0 bridgehead atoms. The summed E-state index contributed by atoms with van der Waals surface area (Å²) in [6.07, 6.45) is -1.27. The molecule has 4 N–H and O–H groups in total. The maximum absolute atomic E-state index is 13.2. The second-order valence-electron chi connectivity index (χ2n) is 9.11. The van der Waals surface area contributed by atoms with Crippen molar-refractivity contribution in [3.8, 4) is 0 Å². The Morgan fingerprint density at radius 2 is 2.05 bits per heavy atom. The van der Waals surface area contributed by atoms with E-state index in [-0.39, 0.29) is 30.4 Å². The topological polar surface area (TPSA) is 139 Å². The first-order valence-corrected chi connectivity index (χ1v) is 11.9. The molecule has 0 aromatic carbocycles. The zero-order valence-corrected chi connectivity index (χ0v) is 21.6. The highest BCUT2D eigenvalue weighted by molar-refractivity contribution is 5.97. The van der Waals surface area contributed by atoms with E-state index < -0.39 is 29.0 Å². The van der Waals surface area contributed by atoms with Crippen LogP contribution in [0.5, 0.6) is 0 Å². The molecular formula is C24H32F3N7O4. The first kappa shape index (κ1) is 28.8. The summed E-state index contributed by atoms with van der Waals surface area (Å²) in [6, 6.07) is 1.42. The first-order valence-electron chi connectivity index (χ1n) is 11.9. The second kappa shape index (κ2) is 11.7. The molecule has 3 rings (SSSR count). The molecule has 2 unspecified atom stereocenters. The van der Waals surface area contributed by atoms with Gasteiger partial charge in [-0.3, -0.25) is 10.2 Å². The summed E-state index contributed by atoms with van der Waals surface area (Å²) in [5.41, 5.74) is 4.82. The number of piperidine rings is 1. The van der Waals surface area contributed by atoms with E-state index in [1.807, 2.05) is 6.92 Å². The van der Waals surface area contributed by atoms with Crippen LogP contribution in [0.4, 0.5) is 35.2 Å². The number of amides is 2. The monoisotopic (exact) mass is 539 g/mol. The van der Waals surface area contributed by atoms with E-state index in [4.69, 9.17) is 20.6 Å².